The number of halogens is 1. The van der Waals surface area contributed by atoms with Crippen LogP contribution in [0.3, 0.4) is 0 Å². The third-order valence-corrected chi connectivity index (χ3v) is 4.87. The molecular weight excluding hydrogens is 433 g/mol. The molecule has 2 aromatic carbocycles. The number of rotatable bonds is 5. The molecule has 0 aliphatic carbocycles. The molecule has 1 heterocycles. The summed E-state index contributed by atoms with van der Waals surface area (Å²) in [5.41, 5.74) is 8.02. The number of amides is 1. The summed E-state index contributed by atoms with van der Waals surface area (Å²) in [7, 11) is 3.25. The first-order valence-electron chi connectivity index (χ1n) is 7.90. The van der Waals surface area contributed by atoms with Gasteiger partial charge in [-0.05, 0) is 59.3 Å². The topological polar surface area (TPSA) is 71.6 Å². The quantitative estimate of drug-likeness (QED) is 0.608. The van der Waals surface area contributed by atoms with E-state index in [4.69, 9.17) is 9.47 Å². The van der Waals surface area contributed by atoms with E-state index in [1.165, 1.54) is 0 Å². The number of hydrazine groups is 1. The standard InChI is InChI=1S/C18H20IN3O3/c1-24-13-7-8-14(17(9-13)25-2)15-10-16(22-21-15)18(23)20-12-5-3-11(19)4-6-12/h3-9,15-16,21-22H,10H2,1-2H3,(H,20,23). The second-order valence-corrected chi connectivity index (χ2v) is 6.98. The van der Waals surface area contributed by atoms with E-state index >= 15 is 0 Å². The molecule has 2 aromatic rings. The van der Waals surface area contributed by atoms with E-state index < -0.39 is 0 Å². The van der Waals surface area contributed by atoms with E-state index in [9.17, 15) is 4.79 Å². The lowest BCUT2D eigenvalue weighted by atomic mass is 10.0. The van der Waals surface area contributed by atoms with Gasteiger partial charge < -0.3 is 14.8 Å². The summed E-state index contributed by atoms with van der Waals surface area (Å²) in [6.45, 7) is 0. The number of benzene rings is 2. The van der Waals surface area contributed by atoms with Crippen LogP contribution in [-0.4, -0.2) is 26.2 Å². The Kier molecular flexibility index (Phi) is 5.77. The largest absolute Gasteiger partial charge is 0.497 e. The van der Waals surface area contributed by atoms with Gasteiger partial charge in [-0.25, -0.2) is 10.9 Å². The van der Waals surface area contributed by atoms with Crippen molar-refractivity contribution in [1.82, 2.24) is 10.9 Å². The summed E-state index contributed by atoms with van der Waals surface area (Å²) < 4.78 is 11.8. The zero-order chi connectivity index (χ0) is 17.8. The zero-order valence-electron chi connectivity index (χ0n) is 14.0. The average molecular weight is 453 g/mol. The molecule has 1 amide bonds. The molecule has 0 radical (unpaired) electrons. The number of carbonyl (C=O) groups is 1. The first kappa shape index (κ1) is 18.0. The first-order chi connectivity index (χ1) is 12.1. The molecular formula is C18H20IN3O3. The Labute approximate surface area is 160 Å². The van der Waals surface area contributed by atoms with Gasteiger partial charge in [-0.2, -0.15) is 0 Å². The van der Waals surface area contributed by atoms with E-state index in [1.807, 2.05) is 42.5 Å². The van der Waals surface area contributed by atoms with Crippen molar-refractivity contribution in [1.29, 1.82) is 0 Å². The fourth-order valence-corrected chi connectivity index (χ4v) is 3.16. The summed E-state index contributed by atoms with van der Waals surface area (Å²) in [5.74, 6) is 1.40. The molecule has 3 N–H and O–H groups in total. The highest BCUT2D eigenvalue weighted by Gasteiger charge is 2.31. The van der Waals surface area contributed by atoms with Crippen LogP contribution in [0.2, 0.25) is 0 Å². The predicted molar refractivity (Wildman–Crippen MR) is 105 cm³/mol. The Balaban J connectivity index is 1.67. The monoisotopic (exact) mass is 453 g/mol. The van der Waals surface area contributed by atoms with Gasteiger partial charge in [0.1, 0.15) is 17.5 Å². The lowest BCUT2D eigenvalue weighted by molar-refractivity contribution is -0.117. The van der Waals surface area contributed by atoms with Gasteiger partial charge in [0.2, 0.25) is 5.91 Å². The molecule has 132 valence electrons. The SMILES string of the molecule is COc1ccc(C2CC(C(=O)Nc3ccc(I)cc3)NN2)c(OC)c1. The molecule has 2 atom stereocenters. The van der Waals surface area contributed by atoms with E-state index in [2.05, 4.69) is 38.8 Å². The van der Waals surface area contributed by atoms with Gasteiger partial charge in [0.05, 0.1) is 20.3 Å². The molecule has 0 bridgehead atoms. The number of anilines is 1. The van der Waals surface area contributed by atoms with Crippen LogP contribution in [0.15, 0.2) is 42.5 Å². The van der Waals surface area contributed by atoms with Crippen molar-refractivity contribution in [3.05, 3.63) is 51.6 Å². The van der Waals surface area contributed by atoms with E-state index in [1.54, 1.807) is 14.2 Å². The van der Waals surface area contributed by atoms with Gasteiger partial charge in [0.15, 0.2) is 0 Å². The molecule has 1 fully saturated rings. The van der Waals surface area contributed by atoms with E-state index in [0.717, 1.165) is 26.3 Å². The van der Waals surface area contributed by atoms with Gasteiger partial charge in [0.25, 0.3) is 0 Å². The predicted octanol–water partition coefficient (Wildman–Crippen LogP) is 2.85. The Morgan fingerprint density at radius 1 is 1.12 bits per heavy atom. The minimum absolute atomic E-state index is 0.0201. The summed E-state index contributed by atoms with van der Waals surface area (Å²) in [6.07, 6.45) is 0.624. The lowest BCUT2D eigenvalue weighted by Crippen LogP contribution is -2.39. The maximum atomic E-state index is 12.5. The van der Waals surface area contributed by atoms with Crippen LogP contribution in [0.1, 0.15) is 18.0 Å². The maximum absolute atomic E-state index is 12.5. The molecule has 0 saturated carbocycles. The second-order valence-electron chi connectivity index (χ2n) is 5.73. The fraction of sp³-hybridized carbons (Fsp3) is 0.278. The normalized spacial score (nSPS) is 19.5. The molecule has 7 heteroatoms. The summed E-state index contributed by atoms with van der Waals surface area (Å²) >= 11 is 2.23. The molecule has 6 nitrogen and oxygen atoms in total. The van der Waals surface area contributed by atoms with Crippen molar-refractivity contribution >= 4 is 34.2 Å². The van der Waals surface area contributed by atoms with E-state index in [0.29, 0.717) is 6.42 Å². The highest BCUT2D eigenvalue weighted by molar-refractivity contribution is 14.1. The Morgan fingerprint density at radius 2 is 1.88 bits per heavy atom. The van der Waals surface area contributed by atoms with Crippen molar-refractivity contribution in [2.45, 2.75) is 18.5 Å². The Morgan fingerprint density at radius 3 is 2.56 bits per heavy atom. The van der Waals surface area contributed by atoms with Crippen molar-refractivity contribution in [3.8, 4) is 11.5 Å². The van der Waals surface area contributed by atoms with Crippen LogP contribution in [0.4, 0.5) is 5.69 Å². The third kappa shape index (κ3) is 4.23. The van der Waals surface area contributed by atoms with E-state index in [-0.39, 0.29) is 18.0 Å². The first-order valence-corrected chi connectivity index (χ1v) is 8.98. The summed E-state index contributed by atoms with van der Waals surface area (Å²) in [6, 6.07) is 13.1. The zero-order valence-corrected chi connectivity index (χ0v) is 16.2. The number of carbonyl (C=O) groups excluding carboxylic acids is 1. The molecule has 1 saturated heterocycles. The van der Waals surface area contributed by atoms with Crippen LogP contribution in [0.25, 0.3) is 0 Å². The van der Waals surface area contributed by atoms with Crippen LogP contribution >= 0.6 is 22.6 Å². The van der Waals surface area contributed by atoms with Gasteiger partial charge in [-0.3, -0.25) is 4.79 Å². The van der Waals surface area contributed by atoms with Gasteiger partial charge >= 0.3 is 0 Å². The van der Waals surface area contributed by atoms with Crippen LogP contribution < -0.4 is 25.6 Å². The second kappa shape index (κ2) is 8.03. The van der Waals surface area contributed by atoms with Gasteiger partial charge in [-0.1, -0.05) is 6.07 Å². The highest BCUT2D eigenvalue weighted by atomic mass is 127. The maximum Gasteiger partial charge on any atom is 0.242 e. The van der Waals surface area contributed by atoms with Crippen LogP contribution in [0.5, 0.6) is 11.5 Å². The lowest BCUT2D eigenvalue weighted by Gasteiger charge is -2.15. The van der Waals surface area contributed by atoms with Crippen molar-refractivity contribution in [3.63, 3.8) is 0 Å². The molecule has 0 spiro atoms. The minimum Gasteiger partial charge on any atom is -0.497 e. The number of ether oxygens (including phenoxy) is 2. The molecule has 25 heavy (non-hydrogen) atoms. The smallest absolute Gasteiger partial charge is 0.242 e. The Hall–Kier alpha value is -1.84. The average Bonchev–Trinajstić information content (AvgIpc) is 3.13. The summed E-state index contributed by atoms with van der Waals surface area (Å²) in [5, 5.41) is 2.93. The van der Waals surface area contributed by atoms with Crippen molar-refractivity contribution < 1.29 is 14.3 Å². The number of methoxy groups -OCH3 is 2. The molecule has 2 unspecified atom stereocenters. The fourth-order valence-electron chi connectivity index (χ4n) is 2.80. The summed E-state index contributed by atoms with van der Waals surface area (Å²) in [4.78, 5) is 12.5. The van der Waals surface area contributed by atoms with Gasteiger partial charge in [0, 0.05) is 20.9 Å². The van der Waals surface area contributed by atoms with Crippen LogP contribution in [-0.2, 0) is 4.79 Å². The highest BCUT2D eigenvalue weighted by Crippen LogP contribution is 2.33. The molecule has 1 aliphatic rings. The van der Waals surface area contributed by atoms with Crippen molar-refractivity contribution in [2.75, 3.05) is 19.5 Å². The van der Waals surface area contributed by atoms with Gasteiger partial charge in [-0.15, -0.1) is 0 Å². The molecule has 3 rings (SSSR count). The van der Waals surface area contributed by atoms with Crippen LogP contribution in [0, 0.1) is 3.57 Å². The minimum atomic E-state index is -0.323. The number of hydrogen-bond donors (Lipinski definition) is 3. The number of hydrogen-bond acceptors (Lipinski definition) is 5. The third-order valence-electron chi connectivity index (χ3n) is 4.15. The molecule has 1 aliphatic heterocycles. The number of nitrogens with one attached hydrogen (secondary N) is 3. The molecule has 0 aromatic heterocycles. The Bertz CT molecular complexity index is 752. The van der Waals surface area contributed by atoms with Crippen molar-refractivity contribution in [2.24, 2.45) is 0 Å².